The van der Waals surface area contributed by atoms with E-state index in [1.54, 1.807) is 0 Å². The van der Waals surface area contributed by atoms with Crippen molar-refractivity contribution in [3.05, 3.63) is 48.6 Å². The first kappa shape index (κ1) is 20.4. The molecule has 0 unspecified atom stereocenters. The molecule has 11 heteroatoms. The molecular formula is C14H5Cl5F3NO2. The quantitative estimate of drug-likeness (QED) is 0.285. The third kappa shape index (κ3) is 3.64. The standard InChI is InChI=1S/C14H5Cl5F3NO2/c1-25-13(24)4-2-3-23-12(14(20,21)22)5(4)6-7(15)9(17)11(19)10(18)8(6)16/h2-3H,1H3. The lowest BCUT2D eigenvalue weighted by atomic mass is 9.97. The van der Waals surface area contributed by atoms with E-state index in [0.717, 1.165) is 19.4 Å². The zero-order valence-electron chi connectivity index (χ0n) is 11.9. The van der Waals surface area contributed by atoms with Crippen LogP contribution in [-0.4, -0.2) is 18.1 Å². The van der Waals surface area contributed by atoms with Gasteiger partial charge in [0.05, 0.1) is 37.8 Å². The van der Waals surface area contributed by atoms with Crippen LogP contribution in [0.5, 0.6) is 0 Å². The van der Waals surface area contributed by atoms with Crippen molar-refractivity contribution in [2.45, 2.75) is 6.18 Å². The van der Waals surface area contributed by atoms with Crippen molar-refractivity contribution in [3.63, 3.8) is 0 Å². The number of hydrogen-bond donors (Lipinski definition) is 0. The summed E-state index contributed by atoms with van der Waals surface area (Å²) in [5.41, 5.74) is -3.02. The summed E-state index contributed by atoms with van der Waals surface area (Å²) in [4.78, 5) is 15.2. The average Bonchev–Trinajstić information content (AvgIpc) is 2.56. The highest BCUT2D eigenvalue weighted by Gasteiger charge is 2.39. The average molecular weight is 453 g/mol. The number of carbonyl (C=O) groups is 1. The van der Waals surface area contributed by atoms with Gasteiger partial charge >= 0.3 is 12.1 Å². The lowest BCUT2D eigenvalue weighted by Gasteiger charge is -2.19. The summed E-state index contributed by atoms with van der Waals surface area (Å²) in [5, 5.41) is -1.70. The number of ether oxygens (including phenoxy) is 1. The molecule has 1 aromatic heterocycles. The molecule has 0 fully saturated rings. The lowest BCUT2D eigenvalue weighted by molar-refractivity contribution is -0.140. The number of carbonyl (C=O) groups excluding carboxylic acids is 1. The van der Waals surface area contributed by atoms with Crippen LogP contribution in [0.15, 0.2) is 12.3 Å². The molecule has 0 bridgehead atoms. The Morgan fingerprint density at radius 1 is 0.960 bits per heavy atom. The maximum atomic E-state index is 13.4. The summed E-state index contributed by atoms with van der Waals surface area (Å²) in [6.07, 6.45) is -4.12. The van der Waals surface area contributed by atoms with Gasteiger partial charge in [0.2, 0.25) is 0 Å². The topological polar surface area (TPSA) is 39.2 Å². The molecule has 1 heterocycles. The zero-order valence-corrected chi connectivity index (χ0v) is 15.7. The van der Waals surface area contributed by atoms with Gasteiger partial charge in [-0.1, -0.05) is 58.0 Å². The molecule has 0 aliphatic carbocycles. The monoisotopic (exact) mass is 451 g/mol. The summed E-state index contributed by atoms with van der Waals surface area (Å²) >= 11 is 29.8. The number of methoxy groups -OCH3 is 1. The minimum absolute atomic E-state index is 0.237. The second-order valence-corrected chi connectivity index (χ2v) is 6.41. The van der Waals surface area contributed by atoms with Gasteiger partial charge in [0.25, 0.3) is 0 Å². The molecule has 0 aliphatic heterocycles. The van der Waals surface area contributed by atoms with Gasteiger partial charge in [-0.3, -0.25) is 4.98 Å². The smallest absolute Gasteiger partial charge is 0.433 e. The molecule has 1 aromatic carbocycles. The molecule has 3 nitrogen and oxygen atoms in total. The van der Waals surface area contributed by atoms with E-state index in [4.69, 9.17) is 58.0 Å². The molecule has 2 rings (SSSR count). The number of rotatable bonds is 2. The highest BCUT2D eigenvalue weighted by Crippen LogP contribution is 2.51. The summed E-state index contributed by atoms with van der Waals surface area (Å²) in [5.74, 6) is -1.06. The highest BCUT2D eigenvalue weighted by atomic mass is 35.5. The van der Waals surface area contributed by atoms with Crippen molar-refractivity contribution >= 4 is 64.0 Å². The molecule has 0 atom stereocenters. The SMILES string of the molecule is COC(=O)c1ccnc(C(F)(F)F)c1-c1c(Cl)c(Cl)c(Cl)c(Cl)c1Cl. The number of hydrogen-bond acceptors (Lipinski definition) is 3. The van der Waals surface area contributed by atoms with E-state index in [1.807, 2.05) is 0 Å². The van der Waals surface area contributed by atoms with E-state index in [9.17, 15) is 18.0 Å². The molecule has 2 aromatic rings. The number of pyridine rings is 1. The second kappa shape index (κ2) is 7.37. The van der Waals surface area contributed by atoms with Gasteiger partial charge in [-0.05, 0) is 6.07 Å². The van der Waals surface area contributed by atoms with Crippen molar-refractivity contribution in [3.8, 4) is 11.1 Å². The number of benzene rings is 1. The third-order valence-electron chi connectivity index (χ3n) is 3.08. The molecule has 0 spiro atoms. The van der Waals surface area contributed by atoms with Crippen molar-refractivity contribution in [2.75, 3.05) is 7.11 Å². The Hall–Kier alpha value is -0.920. The summed E-state index contributed by atoms with van der Waals surface area (Å²) < 4.78 is 44.8. The Morgan fingerprint density at radius 2 is 1.44 bits per heavy atom. The number of nitrogens with zero attached hydrogens (tertiary/aromatic N) is 1. The van der Waals surface area contributed by atoms with Crippen molar-refractivity contribution in [2.24, 2.45) is 0 Å². The molecule has 0 aliphatic rings. The van der Waals surface area contributed by atoms with Crippen LogP contribution in [0, 0.1) is 0 Å². The van der Waals surface area contributed by atoms with Crippen LogP contribution >= 0.6 is 58.0 Å². The molecule has 25 heavy (non-hydrogen) atoms. The van der Waals surface area contributed by atoms with Crippen molar-refractivity contribution in [1.82, 2.24) is 4.98 Å². The Balaban J connectivity index is 3.04. The number of aromatic nitrogens is 1. The first-order valence-electron chi connectivity index (χ1n) is 6.18. The summed E-state index contributed by atoms with van der Waals surface area (Å²) in [6, 6.07) is 1.03. The predicted molar refractivity (Wildman–Crippen MR) is 91.1 cm³/mol. The molecule has 0 N–H and O–H groups in total. The van der Waals surface area contributed by atoms with Gasteiger partial charge < -0.3 is 4.74 Å². The fourth-order valence-corrected chi connectivity index (χ4v) is 3.36. The minimum atomic E-state index is -4.93. The second-order valence-electron chi connectivity index (χ2n) is 4.52. The van der Waals surface area contributed by atoms with Gasteiger partial charge in [0.15, 0.2) is 5.69 Å². The Kier molecular flexibility index (Phi) is 6.01. The molecule has 0 amide bonds. The zero-order chi connectivity index (χ0) is 19.1. The van der Waals surface area contributed by atoms with Crippen LogP contribution in [0.25, 0.3) is 11.1 Å². The van der Waals surface area contributed by atoms with E-state index in [-0.39, 0.29) is 15.1 Å². The van der Waals surface area contributed by atoms with Crippen LogP contribution in [0.1, 0.15) is 16.1 Å². The molecule has 0 saturated heterocycles. The van der Waals surface area contributed by atoms with Gasteiger partial charge in [-0.25, -0.2) is 4.79 Å². The Bertz CT molecular complexity index is 842. The van der Waals surface area contributed by atoms with Crippen molar-refractivity contribution in [1.29, 1.82) is 0 Å². The van der Waals surface area contributed by atoms with Gasteiger partial charge in [0.1, 0.15) is 0 Å². The lowest BCUT2D eigenvalue weighted by Crippen LogP contribution is -2.15. The first-order chi connectivity index (χ1) is 11.5. The molecule has 134 valence electrons. The van der Waals surface area contributed by atoms with Crippen LogP contribution in [0.3, 0.4) is 0 Å². The molecule has 0 saturated carbocycles. The van der Waals surface area contributed by atoms with Crippen LogP contribution < -0.4 is 0 Å². The van der Waals surface area contributed by atoms with E-state index < -0.39 is 44.6 Å². The highest BCUT2D eigenvalue weighted by molar-refractivity contribution is 6.56. The van der Waals surface area contributed by atoms with Crippen LogP contribution in [-0.2, 0) is 10.9 Å². The first-order valence-corrected chi connectivity index (χ1v) is 8.07. The van der Waals surface area contributed by atoms with E-state index in [0.29, 0.717) is 0 Å². The summed E-state index contributed by atoms with van der Waals surface area (Å²) in [6.45, 7) is 0. The van der Waals surface area contributed by atoms with E-state index in [2.05, 4.69) is 9.72 Å². The van der Waals surface area contributed by atoms with Crippen molar-refractivity contribution < 1.29 is 22.7 Å². The predicted octanol–water partition coefficient (Wildman–Crippen LogP) is 6.82. The number of alkyl halides is 3. The maximum absolute atomic E-state index is 13.4. The van der Waals surface area contributed by atoms with Gasteiger partial charge in [0, 0.05) is 17.3 Å². The minimum Gasteiger partial charge on any atom is -0.465 e. The van der Waals surface area contributed by atoms with Gasteiger partial charge in [-0.15, -0.1) is 0 Å². The van der Waals surface area contributed by atoms with Crippen LogP contribution in [0.4, 0.5) is 13.2 Å². The normalized spacial score (nSPS) is 11.6. The Morgan fingerprint density at radius 3 is 1.88 bits per heavy atom. The van der Waals surface area contributed by atoms with E-state index >= 15 is 0 Å². The summed E-state index contributed by atoms with van der Waals surface area (Å²) in [7, 11) is 1.00. The third-order valence-corrected chi connectivity index (χ3v) is 5.36. The number of esters is 1. The Labute approximate surface area is 164 Å². The molecular weight excluding hydrogens is 448 g/mol. The fraction of sp³-hybridized carbons (Fsp3) is 0.143. The fourth-order valence-electron chi connectivity index (χ4n) is 2.03. The molecule has 0 radical (unpaired) electrons. The maximum Gasteiger partial charge on any atom is 0.433 e. The van der Waals surface area contributed by atoms with E-state index in [1.165, 1.54) is 0 Å². The number of halogens is 8. The van der Waals surface area contributed by atoms with Gasteiger partial charge in [-0.2, -0.15) is 13.2 Å². The van der Waals surface area contributed by atoms with Crippen LogP contribution in [0.2, 0.25) is 25.1 Å². The largest absolute Gasteiger partial charge is 0.465 e.